The van der Waals surface area contributed by atoms with Crippen molar-refractivity contribution in [3.8, 4) is 0 Å². The van der Waals surface area contributed by atoms with Crippen LogP contribution in [0.2, 0.25) is 0 Å². The molecule has 0 fully saturated rings. The molecule has 0 aliphatic rings. The quantitative estimate of drug-likeness (QED) is 0.869. The van der Waals surface area contributed by atoms with E-state index < -0.39 is 0 Å². The normalized spacial score (nSPS) is 10.4. The highest BCUT2D eigenvalue weighted by molar-refractivity contribution is 5.91. The molecular weight excluding hydrogens is 259 g/mol. The van der Waals surface area contributed by atoms with Gasteiger partial charge >= 0.3 is 0 Å². The third-order valence-corrected chi connectivity index (χ3v) is 2.77. The number of nitrogens with zero attached hydrogens (tertiary/aromatic N) is 1. The number of hydrogen-bond donors (Lipinski definition) is 1. The SMILES string of the molecule is CC(=O)N(CCNC(=O)CC(C)C)c1ccc(F)cc1. The summed E-state index contributed by atoms with van der Waals surface area (Å²) in [6, 6.07) is 5.71. The molecule has 4 nitrogen and oxygen atoms in total. The number of carbonyl (C=O) groups is 2. The summed E-state index contributed by atoms with van der Waals surface area (Å²) in [6.07, 6.45) is 0.469. The van der Waals surface area contributed by atoms with E-state index >= 15 is 0 Å². The van der Waals surface area contributed by atoms with Gasteiger partial charge in [0.05, 0.1) is 0 Å². The van der Waals surface area contributed by atoms with Crippen LogP contribution in [0.1, 0.15) is 27.2 Å². The molecule has 0 aliphatic heterocycles. The van der Waals surface area contributed by atoms with Crippen LogP contribution in [-0.2, 0) is 9.59 Å². The maximum Gasteiger partial charge on any atom is 0.223 e. The highest BCUT2D eigenvalue weighted by atomic mass is 19.1. The summed E-state index contributed by atoms with van der Waals surface area (Å²) >= 11 is 0. The Morgan fingerprint density at radius 3 is 2.35 bits per heavy atom. The fraction of sp³-hybridized carbons (Fsp3) is 0.467. The number of benzene rings is 1. The summed E-state index contributed by atoms with van der Waals surface area (Å²) in [5, 5.41) is 2.77. The van der Waals surface area contributed by atoms with Gasteiger partial charge < -0.3 is 10.2 Å². The number of amides is 2. The predicted octanol–water partition coefficient (Wildman–Crippen LogP) is 2.34. The highest BCUT2D eigenvalue weighted by Gasteiger charge is 2.12. The van der Waals surface area contributed by atoms with Crippen LogP contribution in [-0.4, -0.2) is 24.9 Å². The number of anilines is 1. The molecule has 2 amide bonds. The molecular formula is C15H21FN2O2. The maximum atomic E-state index is 12.9. The largest absolute Gasteiger partial charge is 0.354 e. The van der Waals surface area contributed by atoms with Crippen LogP contribution in [0.4, 0.5) is 10.1 Å². The Morgan fingerprint density at radius 2 is 1.85 bits per heavy atom. The van der Waals surface area contributed by atoms with Gasteiger partial charge in [-0.15, -0.1) is 0 Å². The molecule has 0 aliphatic carbocycles. The topological polar surface area (TPSA) is 49.4 Å². The van der Waals surface area contributed by atoms with Crippen LogP contribution >= 0.6 is 0 Å². The zero-order valence-electron chi connectivity index (χ0n) is 12.1. The summed E-state index contributed by atoms with van der Waals surface area (Å²) in [5.41, 5.74) is 0.622. The number of nitrogens with one attached hydrogen (secondary N) is 1. The molecule has 0 unspecified atom stereocenters. The van der Waals surface area contributed by atoms with Gasteiger partial charge in [-0.05, 0) is 30.2 Å². The Bertz CT molecular complexity index is 457. The third-order valence-electron chi connectivity index (χ3n) is 2.77. The monoisotopic (exact) mass is 280 g/mol. The first-order chi connectivity index (χ1) is 9.40. The van der Waals surface area contributed by atoms with Gasteiger partial charge in [-0.2, -0.15) is 0 Å². The van der Waals surface area contributed by atoms with Crippen molar-refractivity contribution < 1.29 is 14.0 Å². The first-order valence-corrected chi connectivity index (χ1v) is 6.70. The van der Waals surface area contributed by atoms with Crippen LogP contribution in [0, 0.1) is 11.7 Å². The van der Waals surface area contributed by atoms with Crippen molar-refractivity contribution in [3.63, 3.8) is 0 Å². The van der Waals surface area contributed by atoms with Gasteiger partial charge in [-0.1, -0.05) is 13.8 Å². The summed E-state index contributed by atoms with van der Waals surface area (Å²) in [7, 11) is 0. The number of hydrogen-bond acceptors (Lipinski definition) is 2. The highest BCUT2D eigenvalue weighted by Crippen LogP contribution is 2.14. The lowest BCUT2D eigenvalue weighted by molar-refractivity contribution is -0.122. The molecule has 0 bridgehead atoms. The third kappa shape index (κ3) is 5.38. The van der Waals surface area contributed by atoms with Crippen LogP contribution in [0.3, 0.4) is 0 Å². The minimum absolute atomic E-state index is 0.0254. The second-order valence-corrected chi connectivity index (χ2v) is 5.09. The van der Waals surface area contributed by atoms with E-state index in [4.69, 9.17) is 0 Å². The van der Waals surface area contributed by atoms with Gasteiger partial charge in [0.15, 0.2) is 0 Å². The van der Waals surface area contributed by atoms with Crippen molar-refractivity contribution in [1.29, 1.82) is 0 Å². The van der Waals surface area contributed by atoms with Crippen LogP contribution in [0.15, 0.2) is 24.3 Å². The Morgan fingerprint density at radius 1 is 1.25 bits per heavy atom. The van der Waals surface area contributed by atoms with Crippen LogP contribution in [0.5, 0.6) is 0 Å². The summed E-state index contributed by atoms with van der Waals surface area (Å²) in [4.78, 5) is 24.6. The fourth-order valence-electron chi connectivity index (χ4n) is 1.84. The number of carbonyl (C=O) groups excluding carboxylic acids is 2. The van der Waals surface area contributed by atoms with E-state index in [-0.39, 0.29) is 17.6 Å². The van der Waals surface area contributed by atoms with Crippen LogP contribution in [0.25, 0.3) is 0 Å². The molecule has 110 valence electrons. The molecule has 0 atom stereocenters. The van der Waals surface area contributed by atoms with Crippen molar-refractivity contribution in [2.75, 3.05) is 18.0 Å². The first kappa shape index (κ1) is 16.1. The van der Waals surface area contributed by atoms with Crippen LogP contribution < -0.4 is 10.2 Å². The van der Waals surface area contributed by atoms with E-state index in [1.54, 1.807) is 12.1 Å². The molecule has 1 rings (SSSR count). The fourth-order valence-corrected chi connectivity index (χ4v) is 1.84. The predicted molar refractivity (Wildman–Crippen MR) is 76.9 cm³/mol. The van der Waals surface area contributed by atoms with Crippen molar-refractivity contribution in [3.05, 3.63) is 30.1 Å². The molecule has 0 aromatic heterocycles. The molecule has 0 spiro atoms. The van der Waals surface area contributed by atoms with E-state index in [9.17, 15) is 14.0 Å². The van der Waals surface area contributed by atoms with Gasteiger partial charge in [0.25, 0.3) is 0 Å². The molecule has 20 heavy (non-hydrogen) atoms. The average Bonchev–Trinajstić information content (AvgIpc) is 2.35. The lowest BCUT2D eigenvalue weighted by Gasteiger charge is -2.21. The van der Waals surface area contributed by atoms with Crippen molar-refractivity contribution in [1.82, 2.24) is 5.32 Å². The lowest BCUT2D eigenvalue weighted by atomic mass is 10.1. The minimum Gasteiger partial charge on any atom is -0.354 e. The molecule has 1 N–H and O–H groups in total. The molecule has 0 heterocycles. The lowest BCUT2D eigenvalue weighted by Crippen LogP contribution is -2.37. The maximum absolute atomic E-state index is 12.9. The summed E-state index contributed by atoms with van der Waals surface area (Å²) < 4.78 is 12.9. The standard InChI is InChI=1S/C15H21FN2O2/c1-11(2)10-15(20)17-8-9-18(12(3)19)14-6-4-13(16)5-7-14/h4-7,11H,8-10H2,1-3H3,(H,17,20). The van der Waals surface area contributed by atoms with Gasteiger partial charge in [0, 0.05) is 32.1 Å². The molecule has 0 saturated heterocycles. The Balaban J connectivity index is 2.54. The van der Waals surface area contributed by atoms with E-state index in [1.165, 1.54) is 24.0 Å². The number of rotatable bonds is 6. The summed E-state index contributed by atoms with van der Waals surface area (Å²) in [5.74, 6) is -0.212. The smallest absolute Gasteiger partial charge is 0.223 e. The molecule has 1 aromatic carbocycles. The Hall–Kier alpha value is -1.91. The molecule has 0 saturated carbocycles. The molecule has 0 radical (unpaired) electrons. The van der Waals surface area contributed by atoms with Gasteiger partial charge in [-0.25, -0.2) is 4.39 Å². The second-order valence-electron chi connectivity index (χ2n) is 5.09. The zero-order chi connectivity index (χ0) is 15.1. The van der Waals surface area contributed by atoms with E-state index in [0.717, 1.165) is 0 Å². The van der Waals surface area contributed by atoms with E-state index in [0.29, 0.717) is 31.1 Å². The van der Waals surface area contributed by atoms with Crippen molar-refractivity contribution in [2.45, 2.75) is 27.2 Å². The van der Waals surface area contributed by atoms with Crippen molar-refractivity contribution >= 4 is 17.5 Å². The molecule has 1 aromatic rings. The minimum atomic E-state index is -0.345. The van der Waals surface area contributed by atoms with Gasteiger partial charge in [-0.3, -0.25) is 9.59 Å². The molecule has 5 heteroatoms. The average molecular weight is 280 g/mol. The van der Waals surface area contributed by atoms with Gasteiger partial charge in [0.2, 0.25) is 11.8 Å². The summed E-state index contributed by atoms with van der Waals surface area (Å²) in [6.45, 7) is 6.13. The Labute approximate surface area is 119 Å². The number of halogens is 1. The first-order valence-electron chi connectivity index (χ1n) is 6.70. The van der Waals surface area contributed by atoms with E-state index in [1.807, 2.05) is 13.8 Å². The van der Waals surface area contributed by atoms with E-state index in [2.05, 4.69) is 5.32 Å². The zero-order valence-corrected chi connectivity index (χ0v) is 12.1. The van der Waals surface area contributed by atoms with Gasteiger partial charge in [0.1, 0.15) is 5.82 Å². The Kier molecular flexibility index (Phi) is 6.15. The van der Waals surface area contributed by atoms with Crippen molar-refractivity contribution in [2.24, 2.45) is 5.92 Å². The second kappa shape index (κ2) is 7.62.